The van der Waals surface area contributed by atoms with Gasteiger partial charge in [-0.15, -0.1) is 0 Å². The fourth-order valence-electron chi connectivity index (χ4n) is 2.85. The Morgan fingerprint density at radius 1 is 1.28 bits per heavy atom. The predicted molar refractivity (Wildman–Crippen MR) is 74.2 cm³/mol. The van der Waals surface area contributed by atoms with Crippen LogP contribution in [0.15, 0.2) is 12.1 Å². The molecule has 1 aromatic heterocycles. The molecular weight excluding hydrogens is 224 g/mol. The van der Waals surface area contributed by atoms with Crippen LogP contribution in [0.4, 0.5) is 0 Å². The van der Waals surface area contributed by atoms with Crippen molar-refractivity contribution in [2.45, 2.75) is 39.3 Å². The molecule has 0 unspecified atom stereocenters. The number of aryl methyl sites for hydroxylation is 1. The standard InChI is InChI=1S/C15H20N2O/c1-9-5-10-11-7-15(2,3)16-8-12(11)17-14(10)13(6-9)18-4/h5-6,16-17H,7-8H2,1-4H3. The van der Waals surface area contributed by atoms with Crippen molar-refractivity contribution in [1.29, 1.82) is 0 Å². The molecule has 0 bridgehead atoms. The third-order valence-electron chi connectivity index (χ3n) is 3.79. The largest absolute Gasteiger partial charge is 0.495 e. The fourth-order valence-corrected chi connectivity index (χ4v) is 2.85. The highest BCUT2D eigenvalue weighted by atomic mass is 16.5. The number of hydrogen-bond acceptors (Lipinski definition) is 2. The zero-order chi connectivity index (χ0) is 12.9. The van der Waals surface area contributed by atoms with Crippen LogP contribution in [-0.2, 0) is 13.0 Å². The van der Waals surface area contributed by atoms with Crippen LogP contribution in [-0.4, -0.2) is 17.6 Å². The van der Waals surface area contributed by atoms with E-state index in [1.165, 1.54) is 22.2 Å². The van der Waals surface area contributed by atoms with Crippen LogP contribution in [0.3, 0.4) is 0 Å². The van der Waals surface area contributed by atoms with E-state index in [1.807, 2.05) is 0 Å². The van der Waals surface area contributed by atoms with E-state index in [9.17, 15) is 0 Å². The minimum absolute atomic E-state index is 0.166. The summed E-state index contributed by atoms with van der Waals surface area (Å²) in [6.07, 6.45) is 1.05. The molecule has 3 nitrogen and oxygen atoms in total. The predicted octanol–water partition coefficient (Wildman–Crippen LogP) is 2.91. The Balaban J connectivity index is 2.26. The summed E-state index contributed by atoms with van der Waals surface area (Å²) in [4.78, 5) is 3.51. The van der Waals surface area contributed by atoms with Gasteiger partial charge in [0, 0.05) is 23.2 Å². The number of H-pyrrole nitrogens is 1. The molecule has 0 fully saturated rings. The van der Waals surface area contributed by atoms with Crippen molar-refractivity contribution < 1.29 is 4.74 Å². The smallest absolute Gasteiger partial charge is 0.143 e. The lowest BCUT2D eigenvalue weighted by molar-refractivity contribution is 0.361. The maximum Gasteiger partial charge on any atom is 0.143 e. The third kappa shape index (κ3) is 1.70. The second-order valence-electron chi connectivity index (χ2n) is 5.89. The van der Waals surface area contributed by atoms with Gasteiger partial charge in [-0.05, 0) is 50.5 Å². The zero-order valence-corrected chi connectivity index (χ0v) is 11.5. The number of aromatic nitrogens is 1. The molecule has 0 amide bonds. The summed E-state index contributed by atoms with van der Waals surface area (Å²) in [5, 5.41) is 4.87. The van der Waals surface area contributed by atoms with Crippen molar-refractivity contribution in [3.05, 3.63) is 29.0 Å². The molecule has 1 aromatic carbocycles. The Hall–Kier alpha value is -1.48. The van der Waals surface area contributed by atoms with Gasteiger partial charge in [-0.2, -0.15) is 0 Å². The minimum atomic E-state index is 0.166. The van der Waals surface area contributed by atoms with Gasteiger partial charge < -0.3 is 15.0 Å². The first-order valence-corrected chi connectivity index (χ1v) is 6.43. The molecule has 3 heteroatoms. The summed E-state index contributed by atoms with van der Waals surface area (Å²) < 4.78 is 5.49. The van der Waals surface area contributed by atoms with E-state index >= 15 is 0 Å². The number of fused-ring (bicyclic) bond motifs is 3. The minimum Gasteiger partial charge on any atom is -0.495 e. The maximum atomic E-state index is 5.49. The van der Waals surface area contributed by atoms with E-state index < -0.39 is 0 Å². The molecule has 0 atom stereocenters. The zero-order valence-electron chi connectivity index (χ0n) is 11.5. The van der Waals surface area contributed by atoms with Gasteiger partial charge in [0.15, 0.2) is 0 Å². The monoisotopic (exact) mass is 244 g/mol. The Kier molecular flexibility index (Phi) is 2.42. The van der Waals surface area contributed by atoms with E-state index in [2.05, 4.69) is 43.2 Å². The van der Waals surface area contributed by atoms with Gasteiger partial charge in [0.05, 0.1) is 12.6 Å². The van der Waals surface area contributed by atoms with Crippen LogP contribution in [0, 0.1) is 6.92 Å². The summed E-state index contributed by atoms with van der Waals surface area (Å²) in [6.45, 7) is 7.52. The van der Waals surface area contributed by atoms with E-state index in [0.29, 0.717) is 0 Å². The Labute approximate surface area is 108 Å². The molecule has 0 spiro atoms. The van der Waals surface area contributed by atoms with Gasteiger partial charge in [0.25, 0.3) is 0 Å². The van der Waals surface area contributed by atoms with Gasteiger partial charge in [0.2, 0.25) is 0 Å². The lowest BCUT2D eigenvalue weighted by Crippen LogP contribution is -2.44. The molecule has 0 saturated heterocycles. The fraction of sp³-hybridized carbons (Fsp3) is 0.467. The first-order valence-electron chi connectivity index (χ1n) is 6.43. The van der Waals surface area contributed by atoms with Gasteiger partial charge in [-0.3, -0.25) is 0 Å². The molecular formula is C15H20N2O. The molecule has 2 heterocycles. The van der Waals surface area contributed by atoms with Crippen molar-refractivity contribution >= 4 is 10.9 Å². The number of hydrogen-bond donors (Lipinski definition) is 2. The third-order valence-corrected chi connectivity index (χ3v) is 3.79. The van der Waals surface area contributed by atoms with Crippen LogP contribution in [0.1, 0.15) is 30.7 Å². The Morgan fingerprint density at radius 2 is 2.06 bits per heavy atom. The first-order chi connectivity index (χ1) is 8.50. The average Bonchev–Trinajstić information content (AvgIpc) is 2.65. The van der Waals surface area contributed by atoms with E-state index in [4.69, 9.17) is 4.74 Å². The number of aromatic amines is 1. The molecule has 2 N–H and O–H groups in total. The normalized spacial score (nSPS) is 17.8. The van der Waals surface area contributed by atoms with Gasteiger partial charge in [0.1, 0.15) is 5.75 Å². The van der Waals surface area contributed by atoms with Crippen LogP contribution in [0.5, 0.6) is 5.75 Å². The number of rotatable bonds is 1. The van der Waals surface area contributed by atoms with Crippen molar-refractivity contribution in [1.82, 2.24) is 10.3 Å². The van der Waals surface area contributed by atoms with Crippen LogP contribution >= 0.6 is 0 Å². The van der Waals surface area contributed by atoms with Crippen molar-refractivity contribution in [3.63, 3.8) is 0 Å². The summed E-state index contributed by atoms with van der Waals surface area (Å²) in [6, 6.07) is 4.34. The SMILES string of the molecule is COc1cc(C)cc2c3c([nH]c12)CNC(C)(C)C3. The molecule has 2 aromatic rings. The van der Waals surface area contributed by atoms with Crippen LogP contribution in [0.2, 0.25) is 0 Å². The molecule has 96 valence electrons. The molecule has 0 aliphatic carbocycles. The molecule has 1 aliphatic rings. The lowest BCUT2D eigenvalue weighted by atomic mass is 9.89. The highest BCUT2D eigenvalue weighted by molar-refractivity contribution is 5.90. The molecule has 1 aliphatic heterocycles. The number of ether oxygens (including phenoxy) is 1. The first kappa shape index (κ1) is 11.6. The number of methoxy groups -OCH3 is 1. The summed E-state index contributed by atoms with van der Waals surface area (Å²) in [7, 11) is 1.73. The molecule has 0 radical (unpaired) electrons. The topological polar surface area (TPSA) is 37.0 Å². The molecule has 18 heavy (non-hydrogen) atoms. The van der Waals surface area contributed by atoms with E-state index in [1.54, 1.807) is 7.11 Å². The van der Waals surface area contributed by atoms with Gasteiger partial charge in [-0.1, -0.05) is 0 Å². The van der Waals surface area contributed by atoms with Crippen molar-refractivity contribution in [3.8, 4) is 5.75 Å². The molecule has 3 rings (SSSR count). The van der Waals surface area contributed by atoms with Crippen molar-refractivity contribution in [2.24, 2.45) is 0 Å². The Morgan fingerprint density at radius 3 is 2.78 bits per heavy atom. The number of nitrogens with one attached hydrogen (secondary N) is 2. The van der Waals surface area contributed by atoms with Gasteiger partial charge in [-0.25, -0.2) is 0 Å². The summed E-state index contributed by atoms with van der Waals surface area (Å²) in [5.74, 6) is 0.942. The molecule has 0 saturated carbocycles. The summed E-state index contributed by atoms with van der Waals surface area (Å²) >= 11 is 0. The van der Waals surface area contributed by atoms with Gasteiger partial charge >= 0.3 is 0 Å². The Bertz CT molecular complexity index is 610. The quantitative estimate of drug-likeness (QED) is 0.809. The lowest BCUT2D eigenvalue weighted by Gasteiger charge is -2.31. The highest BCUT2D eigenvalue weighted by Gasteiger charge is 2.28. The van der Waals surface area contributed by atoms with E-state index in [0.717, 1.165) is 24.2 Å². The number of benzene rings is 1. The average molecular weight is 244 g/mol. The van der Waals surface area contributed by atoms with E-state index in [-0.39, 0.29) is 5.54 Å². The second-order valence-corrected chi connectivity index (χ2v) is 5.89. The van der Waals surface area contributed by atoms with Crippen LogP contribution in [0.25, 0.3) is 10.9 Å². The second kappa shape index (κ2) is 3.75. The maximum absolute atomic E-state index is 5.49. The van der Waals surface area contributed by atoms with Crippen LogP contribution < -0.4 is 10.1 Å². The highest BCUT2D eigenvalue weighted by Crippen LogP contribution is 2.35. The van der Waals surface area contributed by atoms with Crippen molar-refractivity contribution in [2.75, 3.05) is 7.11 Å². The summed E-state index contributed by atoms with van der Waals surface area (Å²) in [5.41, 5.74) is 5.29.